The number of nitrogens with one attached hydrogen (secondary N) is 1. The molecule has 2 atom stereocenters. The second-order valence-corrected chi connectivity index (χ2v) is 4.72. The summed E-state index contributed by atoms with van der Waals surface area (Å²) in [5.74, 6) is 0.360. The highest BCUT2D eigenvalue weighted by Crippen LogP contribution is 2.31. The first-order valence-electron chi connectivity index (χ1n) is 6.18. The van der Waals surface area contributed by atoms with Crippen molar-refractivity contribution in [3.05, 3.63) is 29.8 Å². The average Bonchev–Trinajstić information content (AvgIpc) is 2.75. The highest BCUT2D eigenvalue weighted by atomic mass is 19.4. The van der Waals surface area contributed by atoms with E-state index in [1.807, 2.05) is 0 Å². The maximum atomic E-state index is 12.4. The van der Waals surface area contributed by atoms with Gasteiger partial charge in [0, 0.05) is 12.5 Å². The molecule has 1 saturated carbocycles. The molecule has 0 radical (unpaired) electrons. The van der Waals surface area contributed by atoms with Crippen LogP contribution in [0.15, 0.2) is 24.3 Å². The Bertz CT molecular complexity index is 473. The summed E-state index contributed by atoms with van der Waals surface area (Å²) in [6.45, 7) is 0. The second kappa shape index (κ2) is 5.60. The molecule has 0 aliphatic heterocycles. The van der Waals surface area contributed by atoms with Crippen LogP contribution in [0, 0.1) is 0 Å². The number of hydrogen-bond donors (Lipinski definition) is 2. The van der Waals surface area contributed by atoms with Gasteiger partial charge >= 0.3 is 12.3 Å². The minimum Gasteiger partial charge on any atom is -0.490 e. The van der Waals surface area contributed by atoms with Crippen LogP contribution in [0.25, 0.3) is 0 Å². The Balaban J connectivity index is 1.90. The van der Waals surface area contributed by atoms with E-state index in [0.29, 0.717) is 25.0 Å². The number of hydrogen-bond acceptors (Lipinski definition) is 2. The van der Waals surface area contributed by atoms with Crippen molar-refractivity contribution in [2.45, 2.75) is 37.6 Å². The van der Waals surface area contributed by atoms with Crippen LogP contribution in [0.5, 0.6) is 5.75 Å². The van der Waals surface area contributed by atoms with Crippen molar-refractivity contribution >= 4 is 6.09 Å². The van der Waals surface area contributed by atoms with Crippen molar-refractivity contribution in [2.75, 3.05) is 0 Å². The first kappa shape index (κ1) is 14.5. The lowest BCUT2D eigenvalue weighted by Gasteiger charge is -2.15. The first-order chi connectivity index (χ1) is 9.34. The van der Waals surface area contributed by atoms with Gasteiger partial charge in [-0.2, -0.15) is 13.2 Å². The molecule has 0 spiro atoms. The van der Waals surface area contributed by atoms with Crippen LogP contribution >= 0.6 is 0 Å². The molecule has 20 heavy (non-hydrogen) atoms. The van der Waals surface area contributed by atoms with Crippen LogP contribution in [0.3, 0.4) is 0 Å². The van der Waals surface area contributed by atoms with Gasteiger partial charge in [-0.1, -0.05) is 0 Å². The first-order valence-corrected chi connectivity index (χ1v) is 6.18. The topological polar surface area (TPSA) is 58.6 Å². The molecular formula is C13H14F3NO3. The molecule has 2 rings (SSSR count). The Morgan fingerprint density at radius 3 is 2.45 bits per heavy atom. The monoisotopic (exact) mass is 289 g/mol. The van der Waals surface area contributed by atoms with E-state index in [4.69, 9.17) is 9.84 Å². The zero-order valence-electron chi connectivity index (χ0n) is 10.5. The van der Waals surface area contributed by atoms with Gasteiger partial charge in [-0.25, -0.2) is 4.79 Å². The summed E-state index contributed by atoms with van der Waals surface area (Å²) in [5.41, 5.74) is -0.721. The lowest BCUT2D eigenvalue weighted by Crippen LogP contribution is -2.32. The quantitative estimate of drug-likeness (QED) is 0.897. The smallest absolute Gasteiger partial charge is 0.416 e. The molecule has 1 aliphatic carbocycles. The zero-order chi connectivity index (χ0) is 14.8. The molecule has 1 aliphatic rings. The van der Waals surface area contributed by atoms with Crippen molar-refractivity contribution < 1.29 is 27.8 Å². The van der Waals surface area contributed by atoms with Gasteiger partial charge in [-0.3, -0.25) is 0 Å². The van der Waals surface area contributed by atoms with Crippen LogP contribution in [-0.2, 0) is 6.18 Å². The lowest BCUT2D eigenvalue weighted by molar-refractivity contribution is -0.137. The summed E-state index contributed by atoms with van der Waals surface area (Å²) in [5, 5.41) is 11.0. The SMILES string of the molecule is O=C(O)NC1CC[C@H](Oc2ccc(C(F)(F)F)cc2)C1. The summed E-state index contributed by atoms with van der Waals surface area (Å²) in [6.07, 6.45) is -3.76. The molecule has 0 heterocycles. The largest absolute Gasteiger partial charge is 0.490 e. The van der Waals surface area contributed by atoms with Crippen molar-refractivity contribution in [1.82, 2.24) is 5.32 Å². The third-order valence-corrected chi connectivity index (χ3v) is 3.20. The number of carboxylic acid groups (broad SMARTS) is 1. The minimum atomic E-state index is -4.36. The van der Waals surface area contributed by atoms with Gasteiger partial charge in [0.05, 0.1) is 5.56 Å². The molecule has 0 bridgehead atoms. The van der Waals surface area contributed by atoms with Gasteiger partial charge < -0.3 is 15.2 Å². The summed E-state index contributed by atoms with van der Waals surface area (Å²) in [6, 6.07) is 4.34. The van der Waals surface area contributed by atoms with Gasteiger partial charge in [0.25, 0.3) is 0 Å². The Morgan fingerprint density at radius 1 is 1.25 bits per heavy atom. The van der Waals surface area contributed by atoms with Crippen LogP contribution in [0.2, 0.25) is 0 Å². The van der Waals surface area contributed by atoms with Crippen molar-refractivity contribution in [2.24, 2.45) is 0 Å². The van der Waals surface area contributed by atoms with E-state index in [-0.39, 0.29) is 12.1 Å². The fourth-order valence-corrected chi connectivity index (χ4v) is 2.27. The number of halogens is 3. The van der Waals surface area contributed by atoms with Crippen LogP contribution < -0.4 is 10.1 Å². The van der Waals surface area contributed by atoms with Crippen LogP contribution in [0.4, 0.5) is 18.0 Å². The second-order valence-electron chi connectivity index (χ2n) is 4.72. The molecule has 1 aromatic carbocycles. The van der Waals surface area contributed by atoms with Crippen molar-refractivity contribution in [3.8, 4) is 5.75 Å². The van der Waals surface area contributed by atoms with Gasteiger partial charge in [0.2, 0.25) is 0 Å². The third-order valence-electron chi connectivity index (χ3n) is 3.20. The number of ether oxygens (including phenoxy) is 1. The molecule has 1 amide bonds. The van der Waals surface area contributed by atoms with Gasteiger partial charge in [-0.05, 0) is 37.1 Å². The summed E-state index contributed by atoms with van der Waals surface area (Å²) in [7, 11) is 0. The van der Waals surface area contributed by atoms with Gasteiger partial charge in [0.1, 0.15) is 11.9 Å². The molecule has 2 N–H and O–H groups in total. The summed E-state index contributed by atoms with van der Waals surface area (Å²) >= 11 is 0. The predicted octanol–water partition coefficient (Wildman–Crippen LogP) is 3.27. The highest BCUT2D eigenvalue weighted by Gasteiger charge is 2.31. The van der Waals surface area contributed by atoms with E-state index in [1.165, 1.54) is 12.1 Å². The highest BCUT2D eigenvalue weighted by molar-refractivity contribution is 5.64. The Morgan fingerprint density at radius 2 is 1.90 bits per heavy atom. The van der Waals surface area contributed by atoms with E-state index in [2.05, 4.69) is 5.32 Å². The fourth-order valence-electron chi connectivity index (χ4n) is 2.27. The van der Waals surface area contributed by atoms with Crippen molar-refractivity contribution in [1.29, 1.82) is 0 Å². The fraction of sp³-hybridized carbons (Fsp3) is 0.462. The molecule has 1 aromatic rings. The normalized spacial score (nSPS) is 22.6. The molecule has 0 aromatic heterocycles. The summed E-state index contributed by atoms with van der Waals surface area (Å²) in [4.78, 5) is 10.5. The lowest BCUT2D eigenvalue weighted by atomic mass is 10.2. The van der Waals surface area contributed by atoms with E-state index in [0.717, 1.165) is 12.1 Å². The molecule has 1 fully saturated rings. The van der Waals surface area contributed by atoms with Gasteiger partial charge in [0.15, 0.2) is 0 Å². The van der Waals surface area contributed by atoms with Crippen LogP contribution in [0.1, 0.15) is 24.8 Å². The maximum Gasteiger partial charge on any atom is 0.416 e. The average molecular weight is 289 g/mol. The standard InChI is InChI=1S/C13H14F3NO3/c14-13(15,16)8-1-4-10(5-2-8)20-11-6-3-9(7-11)17-12(18)19/h1-2,4-5,9,11,17H,3,6-7H2,(H,18,19)/t9?,11-/m0/s1. The Labute approximate surface area is 113 Å². The Hall–Kier alpha value is -1.92. The molecule has 0 saturated heterocycles. The molecule has 4 nitrogen and oxygen atoms in total. The molecule has 110 valence electrons. The molecule has 1 unspecified atom stereocenters. The zero-order valence-corrected chi connectivity index (χ0v) is 10.5. The predicted molar refractivity (Wildman–Crippen MR) is 64.7 cm³/mol. The number of amides is 1. The molecule has 7 heteroatoms. The number of alkyl halides is 3. The maximum absolute atomic E-state index is 12.4. The number of rotatable bonds is 3. The number of carbonyl (C=O) groups is 1. The van der Waals surface area contributed by atoms with E-state index < -0.39 is 17.8 Å². The van der Waals surface area contributed by atoms with E-state index >= 15 is 0 Å². The summed E-state index contributed by atoms with van der Waals surface area (Å²) < 4.78 is 42.7. The third kappa shape index (κ3) is 3.79. The van der Waals surface area contributed by atoms with Crippen molar-refractivity contribution in [3.63, 3.8) is 0 Å². The van der Waals surface area contributed by atoms with Gasteiger partial charge in [-0.15, -0.1) is 0 Å². The van der Waals surface area contributed by atoms with E-state index in [9.17, 15) is 18.0 Å². The molecular weight excluding hydrogens is 275 g/mol. The van der Waals surface area contributed by atoms with E-state index in [1.54, 1.807) is 0 Å². The van der Waals surface area contributed by atoms with Crippen LogP contribution in [-0.4, -0.2) is 23.3 Å². The minimum absolute atomic E-state index is 0.160. The Kier molecular flexibility index (Phi) is 4.06. The number of benzene rings is 1.